The maximum absolute atomic E-state index is 12.0. The normalized spacial score (nSPS) is 12.9. The number of hydrogen-bond donors (Lipinski definition) is 2. The molecule has 0 heterocycles. The second kappa shape index (κ2) is 12.9. The van der Waals surface area contributed by atoms with E-state index in [2.05, 4.69) is 5.32 Å². The van der Waals surface area contributed by atoms with Gasteiger partial charge in [0.05, 0.1) is 20.8 Å². The number of hydrogen-bond acceptors (Lipinski definition) is 6. The Labute approximate surface area is 172 Å². The number of esters is 1. The van der Waals surface area contributed by atoms with Gasteiger partial charge >= 0.3 is 12.1 Å². The van der Waals surface area contributed by atoms with Crippen molar-refractivity contribution in [3.8, 4) is 11.5 Å². The van der Waals surface area contributed by atoms with E-state index >= 15 is 0 Å². The number of methoxy groups -OCH3 is 3. The minimum absolute atomic E-state index is 0.0562. The number of amides is 1. The number of nitrogens with one attached hydrogen (secondary N) is 1. The maximum Gasteiger partial charge on any atom is 0.405 e. The summed E-state index contributed by atoms with van der Waals surface area (Å²) in [5.74, 6) is 0.991. The third-order valence-corrected chi connectivity index (χ3v) is 4.74. The van der Waals surface area contributed by atoms with Gasteiger partial charge in [0.2, 0.25) is 0 Å². The van der Waals surface area contributed by atoms with E-state index in [0.29, 0.717) is 37.6 Å². The zero-order valence-electron chi connectivity index (χ0n) is 17.9. The van der Waals surface area contributed by atoms with Crippen LogP contribution in [-0.4, -0.2) is 57.8 Å². The molecular weight excluding hydrogens is 378 g/mol. The SMILES string of the molecule is COCCCOc1cc(C[C@@H](C[C@H](NC(=O)O)C(=O)OC)C(C)C)ccc1OC. The summed E-state index contributed by atoms with van der Waals surface area (Å²) in [5.41, 5.74) is 1.02. The molecule has 164 valence electrons. The molecule has 0 aliphatic rings. The van der Waals surface area contributed by atoms with Gasteiger partial charge in [0.15, 0.2) is 11.5 Å². The van der Waals surface area contributed by atoms with E-state index in [-0.39, 0.29) is 11.8 Å². The number of benzene rings is 1. The van der Waals surface area contributed by atoms with Crippen LogP contribution in [0, 0.1) is 11.8 Å². The lowest BCUT2D eigenvalue weighted by atomic mass is 9.84. The van der Waals surface area contributed by atoms with Crippen molar-refractivity contribution in [1.82, 2.24) is 5.32 Å². The fourth-order valence-electron chi connectivity index (χ4n) is 3.05. The zero-order valence-corrected chi connectivity index (χ0v) is 17.9. The molecule has 8 heteroatoms. The minimum Gasteiger partial charge on any atom is -0.493 e. The average Bonchev–Trinajstić information content (AvgIpc) is 2.69. The third-order valence-electron chi connectivity index (χ3n) is 4.74. The first-order valence-electron chi connectivity index (χ1n) is 9.68. The van der Waals surface area contributed by atoms with Crippen LogP contribution in [0.25, 0.3) is 0 Å². The first kappa shape index (κ1) is 24.6. The van der Waals surface area contributed by atoms with E-state index in [1.165, 1.54) is 7.11 Å². The van der Waals surface area contributed by atoms with Crippen molar-refractivity contribution in [2.75, 3.05) is 34.5 Å². The number of carbonyl (C=O) groups is 2. The molecular formula is C21H33NO7. The van der Waals surface area contributed by atoms with Crippen LogP contribution in [0.3, 0.4) is 0 Å². The van der Waals surface area contributed by atoms with Gasteiger partial charge in [-0.25, -0.2) is 9.59 Å². The molecule has 2 atom stereocenters. The summed E-state index contributed by atoms with van der Waals surface area (Å²) in [6.07, 6.45) is 0.511. The summed E-state index contributed by atoms with van der Waals surface area (Å²) >= 11 is 0. The van der Waals surface area contributed by atoms with Crippen LogP contribution in [0.15, 0.2) is 18.2 Å². The van der Waals surface area contributed by atoms with Crippen molar-refractivity contribution >= 4 is 12.1 Å². The van der Waals surface area contributed by atoms with Gasteiger partial charge < -0.3 is 29.4 Å². The van der Waals surface area contributed by atoms with E-state index in [4.69, 9.17) is 24.1 Å². The summed E-state index contributed by atoms with van der Waals surface area (Å²) in [6, 6.07) is 4.83. The van der Waals surface area contributed by atoms with Gasteiger partial charge in [0.25, 0.3) is 0 Å². The van der Waals surface area contributed by atoms with Crippen LogP contribution in [0.5, 0.6) is 11.5 Å². The Morgan fingerprint density at radius 2 is 1.83 bits per heavy atom. The highest BCUT2D eigenvalue weighted by Gasteiger charge is 2.27. The topological polar surface area (TPSA) is 103 Å². The second-order valence-corrected chi connectivity index (χ2v) is 7.15. The van der Waals surface area contributed by atoms with Gasteiger partial charge in [-0.3, -0.25) is 0 Å². The zero-order chi connectivity index (χ0) is 21.8. The molecule has 0 aromatic heterocycles. The predicted octanol–water partition coefficient (Wildman–Crippen LogP) is 3.12. The fourth-order valence-corrected chi connectivity index (χ4v) is 3.05. The molecule has 0 radical (unpaired) electrons. The molecule has 2 N–H and O–H groups in total. The molecule has 0 aliphatic heterocycles. The maximum atomic E-state index is 12.0. The van der Waals surface area contributed by atoms with Gasteiger partial charge in [-0.2, -0.15) is 0 Å². The van der Waals surface area contributed by atoms with Crippen LogP contribution >= 0.6 is 0 Å². The number of carboxylic acid groups (broad SMARTS) is 1. The molecule has 0 spiro atoms. The van der Waals surface area contributed by atoms with E-state index in [9.17, 15) is 9.59 Å². The molecule has 1 aromatic carbocycles. The van der Waals surface area contributed by atoms with E-state index < -0.39 is 18.1 Å². The minimum atomic E-state index is -1.25. The van der Waals surface area contributed by atoms with Crippen LogP contribution in [0.1, 0.15) is 32.3 Å². The lowest BCUT2D eigenvalue weighted by Gasteiger charge is -2.25. The number of rotatable bonds is 13. The Kier molecular flexibility index (Phi) is 10.9. The van der Waals surface area contributed by atoms with Crippen LogP contribution in [0.2, 0.25) is 0 Å². The van der Waals surface area contributed by atoms with Crippen molar-refractivity contribution < 1.29 is 33.6 Å². The second-order valence-electron chi connectivity index (χ2n) is 7.15. The van der Waals surface area contributed by atoms with E-state index in [1.807, 2.05) is 32.0 Å². The molecule has 0 unspecified atom stereocenters. The molecule has 0 bridgehead atoms. The van der Waals surface area contributed by atoms with Crippen LogP contribution in [-0.2, 0) is 20.7 Å². The first-order chi connectivity index (χ1) is 13.8. The molecule has 0 aliphatic carbocycles. The van der Waals surface area contributed by atoms with Crippen molar-refractivity contribution in [3.63, 3.8) is 0 Å². The monoisotopic (exact) mass is 411 g/mol. The van der Waals surface area contributed by atoms with E-state index in [1.54, 1.807) is 14.2 Å². The number of carbonyl (C=O) groups excluding carboxylic acids is 1. The highest BCUT2D eigenvalue weighted by atomic mass is 16.5. The number of ether oxygens (including phenoxy) is 4. The fraction of sp³-hybridized carbons (Fsp3) is 0.619. The molecule has 8 nitrogen and oxygen atoms in total. The van der Waals surface area contributed by atoms with Crippen molar-refractivity contribution in [2.24, 2.45) is 11.8 Å². The smallest absolute Gasteiger partial charge is 0.405 e. The average molecular weight is 411 g/mol. The van der Waals surface area contributed by atoms with E-state index in [0.717, 1.165) is 12.0 Å². The molecule has 1 aromatic rings. The summed E-state index contributed by atoms with van der Waals surface area (Å²) in [4.78, 5) is 23.0. The standard InChI is InChI=1S/C21H33NO7/c1-14(2)16(13-17(20(23)28-5)22-21(24)25)11-15-7-8-18(27-4)19(12-15)29-10-6-9-26-3/h7-8,12,14,16-17,22H,6,9-11,13H2,1-5H3,(H,24,25)/t16-,17-/m0/s1. The highest BCUT2D eigenvalue weighted by Crippen LogP contribution is 2.31. The summed E-state index contributed by atoms with van der Waals surface area (Å²) in [7, 11) is 4.49. The van der Waals surface area contributed by atoms with Gasteiger partial charge in [0.1, 0.15) is 6.04 Å². The Morgan fingerprint density at radius 3 is 2.38 bits per heavy atom. The predicted molar refractivity (Wildman–Crippen MR) is 109 cm³/mol. The molecule has 1 rings (SSSR count). The van der Waals surface area contributed by atoms with Crippen molar-refractivity contribution in [1.29, 1.82) is 0 Å². The van der Waals surface area contributed by atoms with Gasteiger partial charge in [-0.05, 0) is 42.4 Å². The molecule has 0 saturated carbocycles. The van der Waals surface area contributed by atoms with Crippen LogP contribution < -0.4 is 14.8 Å². The first-order valence-corrected chi connectivity index (χ1v) is 9.68. The summed E-state index contributed by atoms with van der Waals surface area (Å²) in [6.45, 7) is 5.22. The Hall–Kier alpha value is -2.48. The van der Waals surface area contributed by atoms with Gasteiger partial charge in [-0.15, -0.1) is 0 Å². The highest BCUT2D eigenvalue weighted by molar-refractivity contribution is 5.80. The molecule has 29 heavy (non-hydrogen) atoms. The van der Waals surface area contributed by atoms with Gasteiger partial charge in [0, 0.05) is 20.1 Å². The van der Waals surface area contributed by atoms with Gasteiger partial charge in [-0.1, -0.05) is 19.9 Å². The molecule has 1 amide bonds. The largest absolute Gasteiger partial charge is 0.493 e. The third kappa shape index (κ3) is 8.60. The quantitative estimate of drug-likeness (QED) is 0.380. The van der Waals surface area contributed by atoms with Crippen LogP contribution in [0.4, 0.5) is 4.79 Å². The van der Waals surface area contributed by atoms with Crippen molar-refractivity contribution in [2.45, 2.75) is 39.2 Å². The Balaban J connectivity index is 2.93. The lowest BCUT2D eigenvalue weighted by molar-refractivity contribution is -0.143. The Morgan fingerprint density at radius 1 is 1.10 bits per heavy atom. The van der Waals surface area contributed by atoms with Crippen molar-refractivity contribution in [3.05, 3.63) is 23.8 Å². The molecule has 0 fully saturated rings. The Bertz CT molecular complexity index is 648. The molecule has 0 saturated heterocycles. The lowest BCUT2D eigenvalue weighted by Crippen LogP contribution is -2.42. The summed E-state index contributed by atoms with van der Waals surface area (Å²) < 4.78 is 21.0. The summed E-state index contributed by atoms with van der Waals surface area (Å²) in [5, 5.41) is 11.3.